The van der Waals surface area contributed by atoms with Gasteiger partial charge in [-0.05, 0) is 0 Å². The van der Waals surface area contributed by atoms with E-state index in [1.54, 1.807) is 11.9 Å². The molecule has 7 heteroatoms. The molecule has 0 spiro atoms. The van der Waals surface area contributed by atoms with Crippen LogP contribution in [0.3, 0.4) is 0 Å². The maximum atomic E-state index is 11.1. The molecule has 2 atom stereocenters. The zero-order chi connectivity index (χ0) is 13.1. The Balaban J connectivity index is 2.28. The molecule has 0 saturated carbocycles. The molecule has 0 radical (unpaired) electrons. The molecule has 1 N–H and O–H groups in total. The van der Waals surface area contributed by atoms with Crippen molar-refractivity contribution in [1.82, 2.24) is 9.97 Å². The SMILES string of the molecule is CN(c1nccnc1C#N)C1COCC1C(=O)O. The van der Waals surface area contributed by atoms with Gasteiger partial charge in [-0.2, -0.15) is 5.26 Å². The van der Waals surface area contributed by atoms with Gasteiger partial charge in [-0.1, -0.05) is 0 Å². The van der Waals surface area contributed by atoms with Crippen LogP contribution in [0.25, 0.3) is 0 Å². The number of nitrogens with zero attached hydrogens (tertiary/aromatic N) is 4. The summed E-state index contributed by atoms with van der Waals surface area (Å²) < 4.78 is 5.19. The molecular weight excluding hydrogens is 236 g/mol. The molecule has 7 nitrogen and oxygen atoms in total. The number of nitriles is 1. The Labute approximate surface area is 104 Å². The highest BCUT2D eigenvalue weighted by Gasteiger charge is 2.37. The summed E-state index contributed by atoms with van der Waals surface area (Å²) in [5.74, 6) is -1.16. The first-order chi connectivity index (χ1) is 8.65. The first-order valence-electron chi connectivity index (χ1n) is 5.39. The Morgan fingerprint density at radius 2 is 2.28 bits per heavy atom. The molecular formula is C11H12N4O3. The fourth-order valence-corrected chi connectivity index (χ4v) is 1.99. The first kappa shape index (κ1) is 12.3. The molecule has 2 rings (SSSR count). The van der Waals surface area contributed by atoms with Crippen molar-refractivity contribution in [2.24, 2.45) is 5.92 Å². The second kappa shape index (κ2) is 4.98. The van der Waals surface area contributed by atoms with E-state index >= 15 is 0 Å². The molecule has 1 saturated heterocycles. The van der Waals surface area contributed by atoms with Gasteiger partial charge in [0.15, 0.2) is 11.5 Å². The van der Waals surface area contributed by atoms with Gasteiger partial charge in [0.05, 0.1) is 19.3 Å². The average molecular weight is 248 g/mol. The van der Waals surface area contributed by atoms with Gasteiger partial charge in [-0.3, -0.25) is 4.79 Å². The van der Waals surface area contributed by atoms with Crippen LogP contribution in [0, 0.1) is 17.2 Å². The van der Waals surface area contributed by atoms with Crippen LogP contribution < -0.4 is 4.90 Å². The minimum Gasteiger partial charge on any atom is -0.481 e. The van der Waals surface area contributed by atoms with E-state index < -0.39 is 11.9 Å². The van der Waals surface area contributed by atoms with Crippen LogP contribution in [0.2, 0.25) is 0 Å². The monoisotopic (exact) mass is 248 g/mol. The number of rotatable bonds is 3. The normalized spacial score (nSPS) is 22.4. The molecule has 1 aromatic heterocycles. The van der Waals surface area contributed by atoms with Crippen molar-refractivity contribution in [1.29, 1.82) is 5.26 Å². The van der Waals surface area contributed by atoms with Crippen LogP contribution >= 0.6 is 0 Å². The van der Waals surface area contributed by atoms with Crippen LogP contribution in [0.4, 0.5) is 5.82 Å². The summed E-state index contributed by atoms with van der Waals surface area (Å²) in [6, 6.07) is 1.60. The molecule has 1 aromatic rings. The number of hydrogen-bond donors (Lipinski definition) is 1. The fourth-order valence-electron chi connectivity index (χ4n) is 1.99. The third-order valence-corrected chi connectivity index (χ3v) is 2.98. The number of likely N-dealkylation sites (N-methyl/N-ethyl adjacent to an activating group) is 1. The number of ether oxygens (including phenoxy) is 1. The third kappa shape index (κ3) is 2.10. The Kier molecular flexibility index (Phi) is 3.39. The number of hydrogen-bond acceptors (Lipinski definition) is 6. The number of aromatic nitrogens is 2. The van der Waals surface area contributed by atoms with Crippen LogP contribution in [0.1, 0.15) is 5.69 Å². The highest BCUT2D eigenvalue weighted by Crippen LogP contribution is 2.24. The van der Waals surface area contributed by atoms with E-state index in [1.807, 2.05) is 6.07 Å². The van der Waals surface area contributed by atoms with Crippen molar-refractivity contribution in [3.05, 3.63) is 18.1 Å². The summed E-state index contributed by atoms with van der Waals surface area (Å²) in [7, 11) is 1.69. The Morgan fingerprint density at radius 1 is 1.56 bits per heavy atom. The van der Waals surface area contributed by atoms with Gasteiger partial charge in [0.1, 0.15) is 12.0 Å². The van der Waals surface area contributed by atoms with Crippen molar-refractivity contribution in [2.45, 2.75) is 6.04 Å². The molecule has 0 aromatic carbocycles. The zero-order valence-corrected chi connectivity index (χ0v) is 9.78. The molecule has 1 aliphatic heterocycles. The van der Waals surface area contributed by atoms with Crippen LogP contribution in [-0.2, 0) is 9.53 Å². The van der Waals surface area contributed by atoms with Gasteiger partial charge < -0.3 is 14.7 Å². The molecule has 0 aliphatic carbocycles. The number of carboxylic acids is 1. The summed E-state index contributed by atoms with van der Waals surface area (Å²) in [5, 5.41) is 18.1. The second-order valence-electron chi connectivity index (χ2n) is 4.00. The van der Waals surface area contributed by atoms with E-state index in [0.29, 0.717) is 12.4 Å². The molecule has 1 fully saturated rings. The molecule has 0 amide bonds. The Morgan fingerprint density at radius 3 is 2.94 bits per heavy atom. The molecule has 18 heavy (non-hydrogen) atoms. The van der Waals surface area contributed by atoms with E-state index in [4.69, 9.17) is 15.1 Å². The minimum absolute atomic E-state index is 0.173. The van der Waals surface area contributed by atoms with Crippen LogP contribution in [0.15, 0.2) is 12.4 Å². The van der Waals surface area contributed by atoms with E-state index in [9.17, 15) is 4.79 Å². The summed E-state index contributed by atoms with van der Waals surface area (Å²) in [4.78, 5) is 20.7. The van der Waals surface area contributed by atoms with E-state index in [1.165, 1.54) is 12.4 Å². The minimum atomic E-state index is -0.910. The Hall–Kier alpha value is -2.20. The number of aliphatic carboxylic acids is 1. The highest BCUT2D eigenvalue weighted by atomic mass is 16.5. The van der Waals surface area contributed by atoms with E-state index in [2.05, 4.69) is 9.97 Å². The predicted octanol–water partition coefficient (Wildman–Crippen LogP) is -0.116. The van der Waals surface area contributed by atoms with Gasteiger partial charge >= 0.3 is 5.97 Å². The lowest BCUT2D eigenvalue weighted by molar-refractivity contribution is -0.141. The molecule has 0 bridgehead atoms. The van der Waals surface area contributed by atoms with Crippen LogP contribution in [-0.4, -0.2) is 47.3 Å². The summed E-state index contributed by atoms with van der Waals surface area (Å²) in [6.45, 7) is 0.474. The van der Waals surface area contributed by atoms with Gasteiger partial charge in [0, 0.05) is 19.4 Å². The number of carboxylic acid groups (broad SMARTS) is 1. The van der Waals surface area contributed by atoms with Gasteiger partial charge in [-0.15, -0.1) is 0 Å². The van der Waals surface area contributed by atoms with E-state index in [0.717, 1.165) is 0 Å². The number of anilines is 1. The van der Waals surface area contributed by atoms with Gasteiger partial charge in [0.25, 0.3) is 0 Å². The smallest absolute Gasteiger partial charge is 0.311 e. The quantitative estimate of drug-likeness (QED) is 0.796. The summed E-state index contributed by atoms with van der Waals surface area (Å²) in [6.07, 6.45) is 2.90. The average Bonchev–Trinajstić information content (AvgIpc) is 2.87. The topological polar surface area (TPSA) is 99.3 Å². The fraction of sp³-hybridized carbons (Fsp3) is 0.455. The molecule has 1 aliphatic rings. The summed E-state index contributed by atoms with van der Waals surface area (Å²) in [5.41, 5.74) is 0.177. The largest absolute Gasteiger partial charge is 0.481 e. The predicted molar refractivity (Wildman–Crippen MR) is 60.9 cm³/mol. The lowest BCUT2D eigenvalue weighted by Crippen LogP contribution is -2.41. The summed E-state index contributed by atoms with van der Waals surface area (Å²) >= 11 is 0. The van der Waals surface area contributed by atoms with Crippen molar-refractivity contribution >= 4 is 11.8 Å². The molecule has 2 heterocycles. The zero-order valence-electron chi connectivity index (χ0n) is 9.78. The number of carbonyl (C=O) groups is 1. The van der Waals surface area contributed by atoms with Crippen molar-refractivity contribution in [3.8, 4) is 6.07 Å². The van der Waals surface area contributed by atoms with Crippen LogP contribution in [0.5, 0.6) is 0 Å². The van der Waals surface area contributed by atoms with E-state index in [-0.39, 0.29) is 18.3 Å². The van der Waals surface area contributed by atoms with Crippen molar-refractivity contribution in [3.63, 3.8) is 0 Å². The standard InChI is InChI=1S/C11H12N4O3/c1-15(9-6-18-5-7(9)11(16)17)10-8(4-12)13-2-3-14-10/h2-3,7,9H,5-6H2,1H3,(H,16,17). The van der Waals surface area contributed by atoms with Crippen molar-refractivity contribution < 1.29 is 14.6 Å². The third-order valence-electron chi connectivity index (χ3n) is 2.98. The maximum absolute atomic E-state index is 11.1. The maximum Gasteiger partial charge on any atom is 0.311 e. The van der Waals surface area contributed by atoms with Crippen molar-refractivity contribution in [2.75, 3.05) is 25.2 Å². The molecule has 94 valence electrons. The molecule has 2 unspecified atom stereocenters. The highest BCUT2D eigenvalue weighted by molar-refractivity contribution is 5.72. The lowest BCUT2D eigenvalue weighted by Gasteiger charge is -2.27. The first-order valence-corrected chi connectivity index (χ1v) is 5.39. The Bertz CT molecular complexity index is 499. The van der Waals surface area contributed by atoms with Gasteiger partial charge in [0.2, 0.25) is 0 Å². The second-order valence-corrected chi connectivity index (χ2v) is 4.00. The lowest BCUT2D eigenvalue weighted by atomic mass is 10.0. The van der Waals surface area contributed by atoms with Gasteiger partial charge in [-0.25, -0.2) is 9.97 Å².